The Hall–Kier alpha value is -2.23. The first kappa shape index (κ1) is 29.7. The van der Waals surface area contributed by atoms with E-state index in [1.165, 1.54) is 45.2 Å². The van der Waals surface area contributed by atoms with Crippen molar-refractivity contribution in [2.75, 3.05) is 45.3 Å². The van der Waals surface area contributed by atoms with Gasteiger partial charge in [-0.1, -0.05) is 26.2 Å². The van der Waals surface area contributed by atoms with Gasteiger partial charge in [0.2, 0.25) is 5.91 Å². The summed E-state index contributed by atoms with van der Waals surface area (Å²) in [5, 5.41) is 12.6. The van der Waals surface area contributed by atoms with Crippen LogP contribution in [0.4, 0.5) is 5.69 Å². The van der Waals surface area contributed by atoms with Crippen LogP contribution in [-0.2, 0) is 33.8 Å². The van der Waals surface area contributed by atoms with Crippen LogP contribution in [0, 0.1) is 0 Å². The van der Waals surface area contributed by atoms with Gasteiger partial charge in [0.05, 0.1) is 23.9 Å². The molecule has 1 amide bonds. The number of anilines is 1. The second kappa shape index (κ2) is 15.5. The average Bonchev–Trinajstić information content (AvgIpc) is 3.58. The summed E-state index contributed by atoms with van der Waals surface area (Å²) in [6.07, 6.45) is 13.5. The number of hydrogen-bond donors (Lipinski definition) is 2. The van der Waals surface area contributed by atoms with Crippen molar-refractivity contribution in [2.45, 2.75) is 110 Å². The van der Waals surface area contributed by atoms with Crippen LogP contribution in [0.2, 0.25) is 0 Å². The number of carbonyl (C=O) groups excluding carboxylic acids is 1. The van der Waals surface area contributed by atoms with E-state index in [2.05, 4.69) is 34.5 Å². The highest BCUT2D eigenvalue weighted by Gasteiger charge is 2.24. The Bertz CT molecular complexity index is 1040. The number of fused-ring (bicyclic) bond motifs is 1. The van der Waals surface area contributed by atoms with Crippen LogP contribution in [-0.4, -0.2) is 77.7 Å². The summed E-state index contributed by atoms with van der Waals surface area (Å²) in [5.74, 6) is 0.123. The third kappa shape index (κ3) is 8.14. The molecule has 2 fully saturated rings. The summed E-state index contributed by atoms with van der Waals surface area (Å²) < 4.78 is 12.9. The second-order valence-electron chi connectivity index (χ2n) is 11.1. The van der Waals surface area contributed by atoms with E-state index in [-0.39, 0.29) is 5.91 Å². The molecule has 2 N–H and O–H groups in total. The van der Waals surface area contributed by atoms with Gasteiger partial charge in [-0.05, 0) is 65.0 Å². The summed E-state index contributed by atoms with van der Waals surface area (Å²) in [6, 6.07) is 0.961. The fourth-order valence-corrected chi connectivity index (χ4v) is 6.08. The number of aromatic nitrogens is 3. The van der Waals surface area contributed by atoms with Gasteiger partial charge >= 0.3 is 0 Å². The Labute approximate surface area is 234 Å². The first-order valence-electron chi connectivity index (χ1n) is 15.4. The van der Waals surface area contributed by atoms with Crippen molar-refractivity contribution < 1.29 is 14.3 Å². The zero-order valence-electron chi connectivity index (χ0n) is 24.5. The number of methoxy groups -OCH3 is 1. The minimum absolute atomic E-state index is 0.123. The van der Waals surface area contributed by atoms with Gasteiger partial charge in [0.15, 0.2) is 5.65 Å². The predicted octanol–water partition coefficient (Wildman–Crippen LogP) is 4.67. The van der Waals surface area contributed by atoms with Gasteiger partial charge in [-0.25, -0.2) is 9.67 Å². The molecule has 0 unspecified atom stereocenters. The summed E-state index contributed by atoms with van der Waals surface area (Å²) in [4.78, 5) is 20.4. The molecule has 0 aliphatic carbocycles. The highest BCUT2D eigenvalue weighted by atomic mass is 16.5. The molecule has 2 aromatic rings. The molecule has 9 nitrogen and oxygen atoms in total. The van der Waals surface area contributed by atoms with Gasteiger partial charge < -0.3 is 20.1 Å². The Morgan fingerprint density at radius 3 is 2.69 bits per heavy atom. The van der Waals surface area contributed by atoms with Crippen LogP contribution in [0.25, 0.3) is 11.0 Å². The summed E-state index contributed by atoms with van der Waals surface area (Å²) in [7, 11) is 1.80. The first-order valence-corrected chi connectivity index (χ1v) is 15.4. The maximum absolute atomic E-state index is 12.8. The molecule has 0 saturated carbocycles. The Balaban J connectivity index is 1.26. The molecule has 0 radical (unpaired) electrons. The first-order chi connectivity index (χ1) is 19.1. The van der Waals surface area contributed by atoms with Crippen molar-refractivity contribution in [3.63, 3.8) is 0 Å². The molecule has 0 bridgehead atoms. The number of likely N-dealkylation sites (tertiary alicyclic amines) is 1. The molecular weight excluding hydrogens is 492 g/mol. The molecule has 218 valence electrons. The molecule has 4 rings (SSSR count). The van der Waals surface area contributed by atoms with Crippen molar-refractivity contribution in [1.29, 1.82) is 0 Å². The van der Waals surface area contributed by atoms with Crippen LogP contribution < -0.4 is 10.6 Å². The molecule has 2 aliphatic rings. The number of rotatable bonds is 16. The Morgan fingerprint density at radius 1 is 1.13 bits per heavy atom. The van der Waals surface area contributed by atoms with E-state index in [1.54, 1.807) is 7.11 Å². The van der Waals surface area contributed by atoms with E-state index in [4.69, 9.17) is 14.5 Å². The number of hydrogen-bond acceptors (Lipinski definition) is 7. The van der Waals surface area contributed by atoms with Crippen LogP contribution in [0.5, 0.6) is 0 Å². The van der Waals surface area contributed by atoms with Crippen molar-refractivity contribution in [1.82, 2.24) is 25.0 Å². The van der Waals surface area contributed by atoms with Gasteiger partial charge in [0, 0.05) is 63.2 Å². The molecule has 9 heteroatoms. The van der Waals surface area contributed by atoms with E-state index in [9.17, 15) is 4.79 Å². The minimum Gasteiger partial charge on any atom is -0.383 e. The molecule has 2 aromatic heterocycles. The maximum Gasteiger partial charge on any atom is 0.220 e. The summed E-state index contributed by atoms with van der Waals surface area (Å²) >= 11 is 0. The SMILES string of the molecule is CCc1nc2c(cnn2CC)c(NC2CCOCC2)c1CNC(=O)CCCCCCCN1CCC[C@H]1COC. The maximum atomic E-state index is 12.8. The standard InChI is InChI=1S/C30H50N6O3/c1-4-27-25(29(33-23-14-18-39-19-15-23)26-21-32-36(5-2)30(26)34-27)20-31-28(37)13-9-7-6-8-10-16-35-17-11-12-24(35)22-38-3/h21,23-24H,4-20,22H2,1-3H3,(H,31,37)(H,33,34)/t24-/m0/s1. The second-order valence-corrected chi connectivity index (χ2v) is 11.1. The number of unbranched alkanes of at least 4 members (excludes halogenated alkanes) is 4. The lowest BCUT2D eigenvalue weighted by Crippen LogP contribution is -2.33. The van der Waals surface area contributed by atoms with Crippen molar-refractivity contribution >= 4 is 22.6 Å². The van der Waals surface area contributed by atoms with Crippen molar-refractivity contribution in [2.24, 2.45) is 0 Å². The van der Waals surface area contributed by atoms with Gasteiger partial charge in [-0.15, -0.1) is 0 Å². The largest absolute Gasteiger partial charge is 0.383 e. The van der Waals surface area contributed by atoms with E-state index in [0.29, 0.717) is 25.0 Å². The third-order valence-electron chi connectivity index (χ3n) is 8.35. The fraction of sp³-hybridized carbons (Fsp3) is 0.767. The topological polar surface area (TPSA) is 93.5 Å². The summed E-state index contributed by atoms with van der Waals surface area (Å²) in [6.45, 7) is 10.3. The zero-order chi connectivity index (χ0) is 27.5. The van der Waals surface area contributed by atoms with Crippen molar-refractivity contribution in [3.05, 3.63) is 17.5 Å². The third-order valence-corrected chi connectivity index (χ3v) is 8.35. The Morgan fingerprint density at radius 2 is 1.92 bits per heavy atom. The van der Waals surface area contributed by atoms with Crippen LogP contribution >= 0.6 is 0 Å². The zero-order valence-corrected chi connectivity index (χ0v) is 24.5. The molecule has 2 aliphatic heterocycles. The van der Waals surface area contributed by atoms with Gasteiger partial charge in [-0.2, -0.15) is 5.10 Å². The molecule has 1 atom stereocenters. The molecular formula is C30H50N6O3. The molecule has 0 aromatic carbocycles. The lowest BCUT2D eigenvalue weighted by molar-refractivity contribution is -0.121. The molecule has 2 saturated heterocycles. The highest BCUT2D eigenvalue weighted by Crippen LogP contribution is 2.31. The van der Waals surface area contributed by atoms with E-state index in [1.807, 2.05) is 10.9 Å². The predicted molar refractivity (Wildman–Crippen MR) is 156 cm³/mol. The van der Waals surface area contributed by atoms with Crippen molar-refractivity contribution in [3.8, 4) is 0 Å². The monoisotopic (exact) mass is 542 g/mol. The Kier molecular flexibility index (Phi) is 11.8. The van der Waals surface area contributed by atoms with E-state index < -0.39 is 0 Å². The lowest BCUT2D eigenvalue weighted by Gasteiger charge is -2.26. The smallest absolute Gasteiger partial charge is 0.220 e. The highest BCUT2D eigenvalue weighted by molar-refractivity contribution is 5.91. The van der Waals surface area contributed by atoms with E-state index in [0.717, 1.165) is 86.4 Å². The van der Waals surface area contributed by atoms with Gasteiger partial charge in [-0.3, -0.25) is 9.69 Å². The number of nitrogens with one attached hydrogen (secondary N) is 2. The number of pyridine rings is 1. The summed E-state index contributed by atoms with van der Waals surface area (Å²) in [5.41, 5.74) is 4.11. The van der Waals surface area contributed by atoms with Gasteiger partial charge in [0.1, 0.15) is 0 Å². The number of aryl methyl sites for hydroxylation is 2. The van der Waals surface area contributed by atoms with Gasteiger partial charge in [0.25, 0.3) is 0 Å². The average molecular weight is 543 g/mol. The normalized spacial score (nSPS) is 18.7. The van der Waals surface area contributed by atoms with Crippen LogP contribution in [0.15, 0.2) is 6.20 Å². The number of ether oxygens (including phenoxy) is 2. The molecule has 4 heterocycles. The van der Waals surface area contributed by atoms with Crippen LogP contribution in [0.3, 0.4) is 0 Å². The quantitative estimate of drug-likeness (QED) is 0.298. The lowest BCUT2D eigenvalue weighted by atomic mass is 10.0. The molecule has 0 spiro atoms. The van der Waals surface area contributed by atoms with E-state index >= 15 is 0 Å². The number of carbonyl (C=O) groups is 1. The minimum atomic E-state index is 0.123. The number of amides is 1. The molecule has 39 heavy (non-hydrogen) atoms. The number of nitrogens with zero attached hydrogens (tertiary/aromatic N) is 4. The van der Waals surface area contributed by atoms with Crippen LogP contribution in [0.1, 0.15) is 89.3 Å². The fourth-order valence-electron chi connectivity index (χ4n) is 6.08.